The Balaban J connectivity index is 1.37. The van der Waals surface area contributed by atoms with Crippen LogP contribution in [0.4, 0.5) is 30.5 Å². The SMILES string of the molecule is CN1CCc2ccc(Nc3nccc(-c4c(-c5cccc(NC(=O)C(F)(F)F)c5)nn5ccccc45)n3)cc2C1. The van der Waals surface area contributed by atoms with Gasteiger partial charge in [-0.05, 0) is 67.1 Å². The number of amides is 1. The number of hydrogen-bond donors (Lipinski definition) is 2. The summed E-state index contributed by atoms with van der Waals surface area (Å²) in [5, 5.41) is 9.90. The van der Waals surface area contributed by atoms with Gasteiger partial charge in [-0.1, -0.05) is 24.3 Å². The number of carbonyl (C=O) groups excluding carboxylic acids is 1. The lowest BCUT2D eigenvalue weighted by Crippen LogP contribution is -2.29. The van der Waals surface area contributed by atoms with Gasteiger partial charge in [0, 0.05) is 42.4 Å². The van der Waals surface area contributed by atoms with Crippen molar-refractivity contribution in [3.63, 3.8) is 0 Å². The smallest absolute Gasteiger partial charge is 0.324 e. The monoisotopic (exact) mass is 543 g/mol. The Morgan fingerprint density at radius 1 is 0.975 bits per heavy atom. The molecule has 4 heterocycles. The number of likely N-dealkylation sites (N-methyl/N-ethyl adjacent to an activating group) is 1. The maximum atomic E-state index is 12.8. The van der Waals surface area contributed by atoms with Gasteiger partial charge in [-0.3, -0.25) is 4.79 Å². The number of halogens is 3. The molecule has 11 heteroatoms. The average molecular weight is 544 g/mol. The minimum atomic E-state index is -5.00. The molecule has 3 aromatic heterocycles. The number of nitrogens with one attached hydrogen (secondary N) is 2. The fourth-order valence-electron chi connectivity index (χ4n) is 4.86. The van der Waals surface area contributed by atoms with Gasteiger partial charge in [0.1, 0.15) is 5.69 Å². The number of carbonyl (C=O) groups is 1. The van der Waals surface area contributed by atoms with E-state index in [1.807, 2.05) is 29.6 Å². The lowest BCUT2D eigenvalue weighted by Gasteiger charge is -2.25. The van der Waals surface area contributed by atoms with Gasteiger partial charge in [-0.2, -0.15) is 18.3 Å². The lowest BCUT2D eigenvalue weighted by molar-refractivity contribution is -0.167. The summed E-state index contributed by atoms with van der Waals surface area (Å²) in [4.78, 5) is 23.0. The number of fused-ring (bicyclic) bond motifs is 2. The van der Waals surface area contributed by atoms with E-state index in [9.17, 15) is 18.0 Å². The standard InChI is InChI=1S/C29H24F3N7O/c1-38-14-11-18-8-9-22(16-20(18)17-38)35-28-33-12-10-23(36-28)25-24-7-2-3-13-39(24)37-26(25)19-5-4-6-21(15-19)34-27(40)29(30,31)32/h2-10,12-13,15-16H,11,14,17H2,1H3,(H,34,40)(H,33,35,36). The predicted octanol–water partition coefficient (Wildman–Crippen LogP) is 5.69. The molecule has 6 rings (SSSR count). The molecule has 0 atom stereocenters. The normalized spacial score (nSPS) is 13.7. The number of rotatable bonds is 5. The number of benzene rings is 2. The van der Waals surface area contributed by atoms with Crippen molar-refractivity contribution < 1.29 is 18.0 Å². The highest BCUT2D eigenvalue weighted by molar-refractivity contribution is 5.96. The van der Waals surface area contributed by atoms with Crippen molar-refractivity contribution in [2.24, 2.45) is 0 Å². The molecule has 8 nitrogen and oxygen atoms in total. The number of aromatic nitrogens is 4. The van der Waals surface area contributed by atoms with Crippen LogP contribution in [0.15, 0.2) is 79.1 Å². The van der Waals surface area contributed by atoms with Gasteiger partial charge >= 0.3 is 12.1 Å². The highest BCUT2D eigenvalue weighted by atomic mass is 19.4. The fraction of sp³-hybridized carbons (Fsp3) is 0.172. The molecule has 0 saturated carbocycles. The lowest BCUT2D eigenvalue weighted by atomic mass is 9.99. The number of anilines is 3. The molecule has 202 valence electrons. The van der Waals surface area contributed by atoms with Crippen molar-refractivity contribution in [3.05, 3.63) is 90.3 Å². The average Bonchev–Trinajstić information content (AvgIpc) is 3.32. The first-order valence-corrected chi connectivity index (χ1v) is 12.6. The third kappa shape index (κ3) is 5.10. The Kier molecular flexibility index (Phi) is 6.43. The second kappa shape index (κ2) is 10.1. The zero-order valence-corrected chi connectivity index (χ0v) is 21.4. The Morgan fingerprint density at radius 2 is 1.85 bits per heavy atom. The predicted molar refractivity (Wildman–Crippen MR) is 146 cm³/mol. The van der Waals surface area contributed by atoms with Crippen LogP contribution in [0.5, 0.6) is 0 Å². The third-order valence-electron chi connectivity index (χ3n) is 6.77. The van der Waals surface area contributed by atoms with E-state index in [2.05, 4.69) is 34.4 Å². The fourth-order valence-corrected chi connectivity index (χ4v) is 4.86. The van der Waals surface area contributed by atoms with Crippen molar-refractivity contribution in [3.8, 4) is 22.5 Å². The van der Waals surface area contributed by atoms with Crippen LogP contribution in [0.25, 0.3) is 28.0 Å². The van der Waals surface area contributed by atoms with Crippen molar-refractivity contribution >= 4 is 28.7 Å². The van der Waals surface area contributed by atoms with E-state index in [4.69, 9.17) is 10.1 Å². The quantitative estimate of drug-likeness (QED) is 0.296. The summed E-state index contributed by atoms with van der Waals surface area (Å²) in [5.41, 5.74) is 6.50. The molecule has 0 fully saturated rings. The van der Waals surface area contributed by atoms with Gasteiger partial charge in [0.15, 0.2) is 0 Å². The largest absolute Gasteiger partial charge is 0.471 e. The summed E-state index contributed by atoms with van der Waals surface area (Å²) < 4.78 is 40.2. The van der Waals surface area contributed by atoms with Crippen LogP contribution < -0.4 is 10.6 Å². The highest BCUT2D eigenvalue weighted by Gasteiger charge is 2.38. The van der Waals surface area contributed by atoms with E-state index in [0.29, 0.717) is 28.5 Å². The van der Waals surface area contributed by atoms with E-state index >= 15 is 0 Å². The van der Waals surface area contributed by atoms with Gasteiger partial charge < -0.3 is 15.5 Å². The summed E-state index contributed by atoms with van der Waals surface area (Å²) >= 11 is 0. The molecule has 1 aliphatic rings. The summed E-state index contributed by atoms with van der Waals surface area (Å²) in [6, 6.07) is 19.7. The Labute approximate surface area is 227 Å². The highest BCUT2D eigenvalue weighted by Crippen LogP contribution is 2.36. The molecule has 2 aromatic carbocycles. The number of nitrogens with zero attached hydrogens (tertiary/aromatic N) is 5. The summed E-state index contributed by atoms with van der Waals surface area (Å²) in [6.07, 6.45) is -0.561. The molecule has 0 aliphatic carbocycles. The molecule has 0 radical (unpaired) electrons. The molecule has 1 amide bonds. The second-order valence-corrected chi connectivity index (χ2v) is 9.65. The topological polar surface area (TPSA) is 87.5 Å². The summed E-state index contributed by atoms with van der Waals surface area (Å²) in [5.74, 6) is -1.64. The maximum Gasteiger partial charge on any atom is 0.471 e. The number of pyridine rings is 1. The minimum absolute atomic E-state index is 0.00549. The van der Waals surface area contributed by atoms with E-state index in [0.717, 1.165) is 30.7 Å². The van der Waals surface area contributed by atoms with E-state index in [1.165, 1.54) is 23.3 Å². The van der Waals surface area contributed by atoms with Crippen LogP contribution in [-0.2, 0) is 17.8 Å². The van der Waals surface area contributed by atoms with Crippen LogP contribution in [0.1, 0.15) is 11.1 Å². The van der Waals surface area contributed by atoms with Gasteiger partial charge in [-0.15, -0.1) is 0 Å². The van der Waals surface area contributed by atoms with Gasteiger partial charge in [0.2, 0.25) is 5.95 Å². The Morgan fingerprint density at radius 3 is 2.70 bits per heavy atom. The molecule has 2 N–H and O–H groups in total. The number of alkyl halides is 3. The molecule has 0 unspecified atom stereocenters. The summed E-state index contributed by atoms with van der Waals surface area (Å²) in [7, 11) is 2.10. The molecule has 5 aromatic rings. The molecular formula is C29H24F3N7O. The minimum Gasteiger partial charge on any atom is -0.324 e. The first-order valence-electron chi connectivity index (χ1n) is 12.6. The molecule has 40 heavy (non-hydrogen) atoms. The van der Waals surface area contributed by atoms with E-state index in [-0.39, 0.29) is 5.69 Å². The van der Waals surface area contributed by atoms with Crippen LogP contribution in [-0.4, -0.2) is 50.2 Å². The van der Waals surface area contributed by atoms with Crippen molar-refractivity contribution in [2.75, 3.05) is 24.2 Å². The zero-order valence-electron chi connectivity index (χ0n) is 21.4. The first kappa shape index (κ1) is 25.5. The van der Waals surface area contributed by atoms with Crippen LogP contribution in [0, 0.1) is 0 Å². The first-order chi connectivity index (χ1) is 19.2. The molecule has 0 bridgehead atoms. The van der Waals surface area contributed by atoms with Gasteiger partial charge in [0.05, 0.1) is 16.8 Å². The maximum absolute atomic E-state index is 12.8. The number of hydrogen-bond acceptors (Lipinski definition) is 6. The molecule has 1 aliphatic heterocycles. The molecule has 0 saturated heterocycles. The van der Waals surface area contributed by atoms with Crippen molar-refractivity contribution in [2.45, 2.75) is 19.1 Å². The van der Waals surface area contributed by atoms with Crippen LogP contribution in [0.2, 0.25) is 0 Å². The zero-order chi connectivity index (χ0) is 27.9. The summed E-state index contributed by atoms with van der Waals surface area (Å²) in [6.45, 7) is 1.91. The van der Waals surface area contributed by atoms with Crippen molar-refractivity contribution in [1.82, 2.24) is 24.5 Å². The second-order valence-electron chi connectivity index (χ2n) is 9.65. The Hall–Kier alpha value is -4.77. The molecule has 0 spiro atoms. The Bertz CT molecular complexity index is 1730. The van der Waals surface area contributed by atoms with E-state index < -0.39 is 12.1 Å². The van der Waals surface area contributed by atoms with Crippen LogP contribution >= 0.6 is 0 Å². The third-order valence-corrected chi connectivity index (χ3v) is 6.77. The van der Waals surface area contributed by atoms with Gasteiger partial charge in [0.25, 0.3) is 0 Å². The molecular weight excluding hydrogens is 519 g/mol. The van der Waals surface area contributed by atoms with Crippen LogP contribution in [0.3, 0.4) is 0 Å². The van der Waals surface area contributed by atoms with E-state index in [1.54, 1.807) is 35.1 Å². The van der Waals surface area contributed by atoms with Crippen molar-refractivity contribution in [1.29, 1.82) is 0 Å². The van der Waals surface area contributed by atoms with Gasteiger partial charge in [-0.25, -0.2) is 14.5 Å².